The molecule has 1 N–H and O–H groups in total. The summed E-state index contributed by atoms with van der Waals surface area (Å²) >= 11 is 5.92. The lowest BCUT2D eigenvalue weighted by molar-refractivity contribution is 0.0144. The number of hydrogen-bond donors (Lipinski definition) is 1. The SMILES string of the molecule is OC1(c2cccc(Cl)c2)CCCOCC1. The van der Waals surface area contributed by atoms with Crippen LogP contribution in [0.25, 0.3) is 0 Å². The number of benzene rings is 1. The minimum absolute atomic E-state index is 0.614. The maximum absolute atomic E-state index is 10.5. The Kier molecular flexibility index (Phi) is 3.29. The van der Waals surface area contributed by atoms with Gasteiger partial charge < -0.3 is 9.84 Å². The summed E-state index contributed by atoms with van der Waals surface area (Å²) in [4.78, 5) is 0. The van der Waals surface area contributed by atoms with E-state index in [0.717, 1.165) is 25.0 Å². The summed E-state index contributed by atoms with van der Waals surface area (Å²) in [6.45, 7) is 1.35. The first-order valence-corrected chi connectivity index (χ1v) is 5.65. The van der Waals surface area contributed by atoms with Crippen LogP contribution >= 0.6 is 11.6 Å². The normalized spacial score (nSPS) is 27.3. The fourth-order valence-electron chi connectivity index (χ4n) is 2.00. The van der Waals surface area contributed by atoms with Crippen LogP contribution in [0, 0.1) is 0 Å². The summed E-state index contributed by atoms with van der Waals surface area (Å²) in [6, 6.07) is 7.47. The van der Waals surface area contributed by atoms with Crippen LogP contribution in [0.5, 0.6) is 0 Å². The predicted octanol–water partition coefficient (Wildman–Crippen LogP) is 2.73. The van der Waals surface area contributed by atoms with Gasteiger partial charge in [-0.1, -0.05) is 23.7 Å². The summed E-state index contributed by atoms with van der Waals surface area (Å²) in [5, 5.41) is 11.2. The Morgan fingerprint density at radius 1 is 1.27 bits per heavy atom. The van der Waals surface area contributed by atoms with Crippen LogP contribution < -0.4 is 0 Å². The molecule has 0 bridgehead atoms. The highest BCUT2D eigenvalue weighted by Gasteiger charge is 2.30. The molecule has 15 heavy (non-hydrogen) atoms. The van der Waals surface area contributed by atoms with Crippen molar-refractivity contribution in [1.29, 1.82) is 0 Å². The zero-order chi connectivity index (χ0) is 10.7. The van der Waals surface area contributed by atoms with Gasteiger partial charge >= 0.3 is 0 Å². The van der Waals surface area contributed by atoms with E-state index in [0.29, 0.717) is 18.1 Å². The molecule has 0 radical (unpaired) electrons. The average molecular weight is 227 g/mol. The summed E-state index contributed by atoms with van der Waals surface area (Å²) < 4.78 is 5.35. The van der Waals surface area contributed by atoms with Crippen LogP contribution in [0.15, 0.2) is 24.3 Å². The van der Waals surface area contributed by atoms with Crippen LogP contribution in [-0.4, -0.2) is 18.3 Å². The summed E-state index contributed by atoms with van der Waals surface area (Å²) in [5.41, 5.74) is 0.141. The molecule has 0 aromatic heterocycles. The Hall–Kier alpha value is -0.570. The second-order valence-electron chi connectivity index (χ2n) is 4.01. The molecule has 1 unspecified atom stereocenters. The molecule has 82 valence electrons. The molecule has 2 nitrogen and oxygen atoms in total. The first-order chi connectivity index (χ1) is 7.21. The van der Waals surface area contributed by atoms with Gasteiger partial charge in [0.1, 0.15) is 0 Å². The maximum atomic E-state index is 10.5. The van der Waals surface area contributed by atoms with Gasteiger partial charge in [0.25, 0.3) is 0 Å². The molecule has 1 heterocycles. The molecule has 0 spiro atoms. The minimum atomic E-state index is -0.762. The topological polar surface area (TPSA) is 29.5 Å². The van der Waals surface area contributed by atoms with Crippen molar-refractivity contribution < 1.29 is 9.84 Å². The van der Waals surface area contributed by atoms with E-state index in [2.05, 4.69) is 0 Å². The van der Waals surface area contributed by atoms with Gasteiger partial charge in [0.05, 0.1) is 5.60 Å². The van der Waals surface area contributed by atoms with Crippen LogP contribution in [0.2, 0.25) is 5.02 Å². The largest absolute Gasteiger partial charge is 0.385 e. The Labute approximate surface area is 94.8 Å². The highest BCUT2D eigenvalue weighted by Crippen LogP contribution is 2.33. The third-order valence-corrected chi connectivity index (χ3v) is 3.14. The van der Waals surface area contributed by atoms with Crippen molar-refractivity contribution in [3.63, 3.8) is 0 Å². The van der Waals surface area contributed by atoms with Gasteiger partial charge in [0.15, 0.2) is 0 Å². The number of aliphatic hydroxyl groups is 1. The molecule has 1 saturated heterocycles. The Bertz CT molecular complexity index is 330. The van der Waals surface area contributed by atoms with Gasteiger partial charge in [-0.25, -0.2) is 0 Å². The number of rotatable bonds is 1. The van der Waals surface area contributed by atoms with Crippen molar-refractivity contribution in [3.05, 3.63) is 34.9 Å². The van der Waals surface area contributed by atoms with Crippen molar-refractivity contribution in [2.45, 2.75) is 24.9 Å². The Balaban J connectivity index is 2.26. The van der Waals surface area contributed by atoms with Crippen molar-refractivity contribution in [2.75, 3.05) is 13.2 Å². The molecule has 3 heteroatoms. The van der Waals surface area contributed by atoms with Gasteiger partial charge in [0, 0.05) is 24.7 Å². The number of halogens is 1. The molecular formula is C12H15ClO2. The molecule has 2 rings (SSSR count). The highest BCUT2D eigenvalue weighted by molar-refractivity contribution is 6.30. The van der Waals surface area contributed by atoms with Crippen molar-refractivity contribution in [3.8, 4) is 0 Å². The third kappa shape index (κ3) is 2.51. The van der Waals surface area contributed by atoms with Crippen molar-refractivity contribution in [1.82, 2.24) is 0 Å². The lowest BCUT2D eigenvalue weighted by Gasteiger charge is -2.26. The first kappa shape index (κ1) is 10.9. The molecule has 1 atom stereocenters. The van der Waals surface area contributed by atoms with E-state index in [1.165, 1.54) is 0 Å². The van der Waals surface area contributed by atoms with E-state index in [-0.39, 0.29) is 0 Å². The lowest BCUT2D eigenvalue weighted by atomic mass is 9.87. The van der Waals surface area contributed by atoms with E-state index < -0.39 is 5.60 Å². The van der Waals surface area contributed by atoms with Crippen molar-refractivity contribution in [2.24, 2.45) is 0 Å². The zero-order valence-corrected chi connectivity index (χ0v) is 9.33. The molecule has 0 aliphatic carbocycles. The smallest absolute Gasteiger partial charge is 0.0919 e. The molecular weight excluding hydrogens is 212 g/mol. The fraction of sp³-hybridized carbons (Fsp3) is 0.500. The maximum Gasteiger partial charge on any atom is 0.0919 e. The lowest BCUT2D eigenvalue weighted by Crippen LogP contribution is -2.25. The van der Waals surface area contributed by atoms with Crippen molar-refractivity contribution >= 4 is 11.6 Å². The van der Waals surface area contributed by atoms with E-state index in [1.54, 1.807) is 0 Å². The minimum Gasteiger partial charge on any atom is -0.385 e. The average Bonchev–Trinajstić information content (AvgIpc) is 2.44. The van der Waals surface area contributed by atoms with Gasteiger partial charge in [-0.15, -0.1) is 0 Å². The standard InChI is InChI=1S/C12H15ClO2/c13-11-4-1-3-10(9-11)12(14)5-2-7-15-8-6-12/h1,3-4,9,14H,2,5-8H2. The molecule has 1 aliphatic heterocycles. The van der Waals surface area contributed by atoms with Gasteiger partial charge in [0.2, 0.25) is 0 Å². The number of ether oxygens (including phenoxy) is 1. The quantitative estimate of drug-likeness (QED) is 0.798. The second-order valence-corrected chi connectivity index (χ2v) is 4.44. The molecule has 1 aromatic rings. The van der Waals surface area contributed by atoms with Gasteiger partial charge in [-0.3, -0.25) is 0 Å². The molecule has 1 aromatic carbocycles. The molecule has 1 aliphatic rings. The third-order valence-electron chi connectivity index (χ3n) is 2.90. The monoisotopic (exact) mass is 226 g/mol. The van der Waals surface area contributed by atoms with E-state index in [1.807, 2.05) is 24.3 Å². The van der Waals surface area contributed by atoms with E-state index in [9.17, 15) is 5.11 Å². The van der Waals surface area contributed by atoms with Crippen LogP contribution in [0.3, 0.4) is 0 Å². The second kappa shape index (κ2) is 4.52. The molecule has 0 amide bonds. The highest BCUT2D eigenvalue weighted by atomic mass is 35.5. The first-order valence-electron chi connectivity index (χ1n) is 5.27. The zero-order valence-electron chi connectivity index (χ0n) is 8.58. The fourth-order valence-corrected chi connectivity index (χ4v) is 2.19. The van der Waals surface area contributed by atoms with Crippen LogP contribution in [0.4, 0.5) is 0 Å². The molecule has 0 saturated carbocycles. The summed E-state index contributed by atoms with van der Waals surface area (Å²) in [6.07, 6.45) is 2.28. The van der Waals surface area contributed by atoms with Crippen LogP contribution in [0.1, 0.15) is 24.8 Å². The Morgan fingerprint density at radius 2 is 2.13 bits per heavy atom. The van der Waals surface area contributed by atoms with Crippen LogP contribution in [-0.2, 0) is 10.3 Å². The Morgan fingerprint density at radius 3 is 2.93 bits per heavy atom. The van der Waals surface area contributed by atoms with E-state index in [4.69, 9.17) is 16.3 Å². The molecule has 1 fully saturated rings. The number of hydrogen-bond acceptors (Lipinski definition) is 2. The predicted molar refractivity (Wildman–Crippen MR) is 60.0 cm³/mol. The van der Waals surface area contributed by atoms with Gasteiger partial charge in [-0.2, -0.15) is 0 Å². The summed E-state index contributed by atoms with van der Waals surface area (Å²) in [5.74, 6) is 0. The summed E-state index contributed by atoms with van der Waals surface area (Å²) in [7, 11) is 0. The van der Waals surface area contributed by atoms with Gasteiger partial charge in [-0.05, 0) is 30.5 Å². The van der Waals surface area contributed by atoms with E-state index >= 15 is 0 Å².